The minimum absolute atomic E-state index is 0.0257. The number of pyridine rings is 1. The lowest BCUT2D eigenvalue weighted by molar-refractivity contribution is -0.135. The van der Waals surface area contributed by atoms with Crippen molar-refractivity contribution in [3.63, 3.8) is 0 Å². The number of sulfonamides is 2. The van der Waals surface area contributed by atoms with E-state index >= 15 is 0 Å². The lowest BCUT2D eigenvalue weighted by Crippen LogP contribution is -2.47. The Hall–Kier alpha value is -7.58. The largest absolute Gasteiger partial charge is 0.489 e. The highest BCUT2D eigenvalue weighted by molar-refractivity contribution is 7.92. The molecule has 1 unspecified atom stereocenters. The molecule has 0 radical (unpaired) electrons. The summed E-state index contributed by atoms with van der Waals surface area (Å²) < 4.78 is 104. The van der Waals surface area contributed by atoms with Gasteiger partial charge in [-0.25, -0.2) is 32.3 Å². The maximum atomic E-state index is 12.8. The van der Waals surface area contributed by atoms with E-state index in [1.54, 1.807) is 9.62 Å². The average molecular weight is 1440 g/mol. The number of halogens is 7. The van der Waals surface area contributed by atoms with Crippen LogP contribution in [0.15, 0.2) is 70.6 Å². The zero-order valence-electron chi connectivity index (χ0n) is 49.4. The summed E-state index contributed by atoms with van der Waals surface area (Å²) in [7, 11) is -6.59. The third kappa shape index (κ3) is 25.2. The predicted molar refractivity (Wildman–Crippen MR) is 334 cm³/mol. The van der Waals surface area contributed by atoms with Gasteiger partial charge in [0.2, 0.25) is 44.9 Å². The summed E-state index contributed by atoms with van der Waals surface area (Å²) in [5.74, 6) is -0.672. The number of amides is 4. The second-order valence-electron chi connectivity index (χ2n) is 18.3. The molecule has 0 bridgehead atoms. The van der Waals surface area contributed by atoms with Crippen molar-refractivity contribution in [1.29, 1.82) is 0 Å². The molecule has 4 aromatic heterocycles. The number of carbonyl (C=O) groups excluding carboxylic acids is 3. The average Bonchev–Trinajstić information content (AvgIpc) is 1.78. The third-order valence-corrected chi connectivity index (χ3v) is 14.0. The first-order valence-electron chi connectivity index (χ1n) is 25.5. The monoisotopic (exact) mass is 1440 g/mol. The van der Waals surface area contributed by atoms with E-state index in [0.717, 1.165) is 24.6 Å². The van der Waals surface area contributed by atoms with Crippen LogP contribution in [-0.4, -0.2) is 182 Å². The van der Waals surface area contributed by atoms with Gasteiger partial charge in [-0.05, 0) is 82.6 Å². The van der Waals surface area contributed by atoms with Crippen molar-refractivity contribution in [2.45, 2.75) is 63.1 Å². The molecule has 1 aliphatic rings. The smallest absolute Gasteiger partial charge is 0.355 e. The first-order chi connectivity index (χ1) is 42.3. The molecule has 1 aliphatic heterocycles. The Morgan fingerprint density at radius 1 is 0.890 bits per heavy atom. The summed E-state index contributed by atoms with van der Waals surface area (Å²) in [5, 5.41) is 21.5. The van der Waals surface area contributed by atoms with Crippen LogP contribution in [0.25, 0.3) is 5.69 Å². The second kappa shape index (κ2) is 35.3. The number of aromatic nitrogens is 9. The Bertz CT molecular complexity index is 3840. The molecule has 4 amide bonds. The van der Waals surface area contributed by atoms with Crippen LogP contribution in [0.4, 0.5) is 42.8 Å². The molecule has 0 saturated heterocycles. The molecule has 33 nitrogen and oxygen atoms in total. The number of fused-ring (bicyclic) bond motifs is 1. The van der Waals surface area contributed by atoms with Gasteiger partial charge < -0.3 is 49.5 Å². The number of carboxylic acids is 1. The number of hydrogen-bond donors (Lipinski definition) is 9. The van der Waals surface area contributed by atoms with Gasteiger partial charge in [-0.2, -0.15) is 46.8 Å². The standard InChI is InChI=1S/C15H18N6O6S.C11H10Cl2F2N4O3S.C11H11Cl2NO2.C8H14ClN5.C3H8NO5P/c1-21(2)13(22)9-6-5-7-16-12(9)28(24,25)20-15(23)19-14-17-10(26-3)8-11(18-14)27-4;1-5-16-19(11(20)18(5)10(14)15)9-4-8(17-23(2,21)22)6(12)3-7(9)13;1-7-6-16-9-5-3-2-4-8(9)14(7)11(15)10(12)13;1-4-10-7-12-6(9)13-8(14-7)11-5(2)3;5-3(6)1-4-2-10(7,8)9/h5-8H,1-4H3,(H2,17,18,19,20,23);3-4,10,17H,1-2H3;2-5,7,10H,6H2,1H3;5H,4H2,1-3H3,(H2,10,11,12,13,14);4H,1-2H2,(H,5,6)(H2,7,8,9). The van der Waals surface area contributed by atoms with E-state index in [9.17, 15) is 54.2 Å². The van der Waals surface area contributed by atoms with Crippen LogP contribution in [0.1, 0.15) is 50.4 Å². The van der Waals surface area contributed by atoms with Crippen molar-refractivity contribution < 1.29 is 78.5 Å². The number of rotatable bonds is 19. The van der Waals surface area contributed by atoms with Crippen LogP contribution < -0.4 is 55.5 Å². The van der Waals surface area contributed by atoms with Crippen molar-refractivity contribution in [2.75, 3.05) is 86.1 Å². The number of carboxylic acid groups (broad SMARTS) is 1. The van der Waals surface area contributed by atoms with Crippen molar-refractivity contribution >= 4 is 139 Å². The molecule has 9 N–H and O–H groups in total. The summed E-state index contributed by atoms with van der Waals surface area (Å²) in [4.78, 5) is 99.5. The van der Waals surface area contributed by atoms with Gasteiger partial charge in [0, 0.05) is 32.9 Å². The van der Waals surface area contributed by atoms with E-state index in [4.69, 9.17) is 87.1 Å². The van der Waals surface area contributed by atoms with Crippen LogP contribution in [0.5, 0.6) is 17.5 Å². The van der Waals surface area contributed by atoms with Crippen LogP contribution in [-0.2, 0) is 34.2 Å². The summed E-state index contributed by atoms with van der Waals surface area (Å²) in [6, 6.07) is 12.8. The lowest BCUT2D eigenvalue weighted by Gasteiger charge is -2.35. The first-order valence-corrected chi connectivity index (χ1v) is 32.6. The Balaban J connectivity index is 0.000000310. The number of para-hydroxylation sites is 2. The maximum Gasteiger partial charge on any atom is 0.355 e. The summed E-state index contributed by atoms with van der Waals surface area (Å²) in [6.45, 7) is 6.78. The Morgan fingerprint density at radius 3 is 2.03 bits per heavy atom. The lowest BCUT2D eigenvalue weighted by atomic mass is 10.1. The summed E-state index contributed by atoms with van der Waals surface area (Å²) >= 11 is 28.8. The highest BCUT2D eigenvalue weighted by atomic mass is 35.5. The van der Waals surface area contributed by atoms with E-state index in [2.05, 4.69) is 61.0 Å². The zero-order chi connectivity index (χ0) is 68.9. The normalized spacial score (nSPS) is 12.5. The minimum Gasteiger partial charge on any atom is -0.489 e. The van der Waals surface area contributed by atoms with E-state index < -0.39 is 80.5 Å². The van der Waals surface area contributed by atoms with Crippen LogP contribution in [0, 0.1) is 6.92 Å². The molecule has 0 aliphatic carbocycles. The molecule has 6 aromatic rings. The number of urea groups is 1. The number of hydrogen-bond acceptors (Lipinski definition) is 23. The number of benzene rings is 2. The molecule has 2 aromatic carbocycles. The zero-order valence-corrected chi connectivity index (χ0v) is 55.7. The van der Waals surface area contributed by atoms with E-state index in [1.807, 2.05) is 52.0 Å². The first kappa shape index (κ1) is 77.7. The van der Waals surface area contributed by atoms with Crippen LogP contribution in [0.2, 0.25) is 15.3 Å². The molecule has 1 atom stereocenters. The highest BCUT2D eigenvalue weighted by Crippen LogP contribution is 2.35. The highest BCUT2D eigenvalue weighted by Gasteiger charge is 2.32. The van der Waals surface area contributed by atoms with Crippen molar-refractivity contribution in [3.05, 3.63) is 98.0 Å². The van der Waals surface area contributed by atoms with Crippen molar-refractivity contribution in [2.24, 2.45) is 0 Å². The number of aryl methyl sites for hydroxylation is 1. The SMILES string of the molecule is CC1COc2ccccc2N1C(=O)C(Cl)Cl.CCNc1nc(Cl)nc(NC(C)C)n1.COc1cc(OC)nc(NC(=O)NS(=O)(=O)c2ncccc2C(=O)N(C)C)n1.Cc1nn(-c2cc(NS(C)(=O)=O)c(Cl)cc2Cl)c(=O)n1C(F)F.O=C(O)CNCP(=O)(O)O. The fourth-order valence-corrected chi connectivity index (χ4v) is 9.72. The molecule has 0 saturated carbocycles. The number of anilines is 5. The molecule has 0 fully saturated rings. The minimum atomic E-state index is -4.46. The van der Waals surface area contributed by atoms with Crippen molar-refractivity contribution in [1.82, 2.24) is 59.2 Å². The van der Waals surface area contributed by atoms with Gasteiger partial charge in [0.25, 0.3) is 21.8 Å². The van der Waals surface area contributed by atoms with Crippen molar-refractivity contribution in [3.8, 4) is 23.2 Å². The molecule has 91 heavy (non-hydrogen) atoms. The number of ether oxygens (including phenoxy) is 3. The molecular formula is C48H61Cl5F2N17O16PS2. The fraction of sp³-hybridized carbons (Fsp3) is 0.375. The second-order valence-corrected chi connectivity index (χ2v) is 25.5. The third-order valence-electron chi connectivity index (χ3n) is 10.4. The van der Waals surface area contributed by atoms with E-state index in [0.29, 0.717) is 28.9 Å². The number of aliphatic carboxylic acids is 1. The van der Waals surface area contributed by atoms with Gasteiger partial charge in [0.05, 0.1) is 78.1 Å². The molecule has 5 heterocycles. The Labute approximate surface area is 543 Å². The van der Waals surface area contributed by atoms with Gasteiger partial charge in [0.15, 0.2) is 9.86 Å². The van der Waals surface area contributed by atoms with Gasteiger partial charge in [-0.1, -0.05) is 58.5 Å². The molecular weight excluding hydrogens is 1380 g/mol. The number of alkyl halides is 4. The molecule has 7 rings (SSSR count). The number of nitrogens with one attached hydrogen (secondary N) is 6. The van der Waals surface area contributed by atoms with Gasteiger partial charge in [-0.15, -0.1) is 5.10 Å². The van der Waals surface area contributed by atoms with E-state index in [1.165, 1.54) is 70.6 Å². The molecule has 0 spiro atoms. The molecule has 43 heteroatoms. The Kier molecular flexibility index (Phi) is 30.1. The topological polar surface area (TPSA) is 438 Å². The van der Waals surface area contributed by atoms with Gasteiger partial charge in [-0.3, -0.25) is 34.3 Å². The van der Waals surface area contributed by atoms with Crippen LogP contribution >= 0.6 is 65.6 Å². The number of carbonyl (C=O) groups is 4. The summed E-state index contributed by atoms with van der Waals surface area (Å²) in [5.41, 5.74) is -0.740. The predicted octanol–water partition coefficient (Wildman–Crippen LogP) is 5.69. The maximum absolute atomic E-state index is 12.8. The number of nitrogens with zero attached hydrogens (tertiary/aromatic N) is 11. The quantitative estimate of drug-likeness (QED) is 0.0347. The number of methoxy groups -OCH3 is 2. The van der Waals surface area contributed by atoms with Crippen LogP contribution in [0.3, 0.4) is 0 Å². The molecule has 500 valence electrons. The summed E-state index contributed by atoms with van der Waals surface area (Å²) in [6.07, 6.45) is 1.49. The van der Waals surface area contributed by atoms with E-state index in [-0.39, 0.29) is 78.4 Å². The fourth-order valence-electron chi connectivity index (χ4n) is 6.77. The van der Waals surface area contributed by atoms with Gasteiger partial charge >= 0.3 is 31.8 Å². The van der Waals surface area contributed by atoms with Gasteiger partial charge in [0.1, 0.15) is 18.2 Å². The Morgan fingerprint density at radius 2 is 1.51 bits per heavy atom.